The highest BCUT2D eigenvalue weighted by molar-refractivity contribution is 6.29. The minimum atomic E-state index is -1.12. The van der Waals surface area contributed by atoms with E-state index in [4.69, 9.17) is 16.7 Å². The summed E-state index contributed by atoms with van der Waals surface area (Å²) in [5, 5.41) is 11.9. The molecule has 0 bridgehead atoms. The van der Waals surface area contributed by atoms with Crippen molar-refractivity contribution in [1.82, 2.24) is 4.98 Å². The van der Waals surface area contributed by atoms with E-state index in [-0.39, 0.29) is 22.4 Å². The van der Waals surface area contributed by atoms with Crippen LogP contribution in [0.5, 0.6) is 0 Å². The Balaban J connectivity index is 2.35. The van der Waals surface area contributed by atoms with Crippen molar-refractivity contribution in [3.8, 4) is 0 Å². The van der Waals surface area contributed by atoms with Gasteiger partial charge in [-0.15, -0.1) is 0 Å². The fraction of sp³-hybridized carbons (Fsp3) is 0. The van der Waals surface area contributed by atoms with Gasteiger partial charge in [0.25, 0.3) is 0 Å². The zero-order chi connectivity index (χ0) is 13.1. The number of pyridine rings is 1. The summed E-state index contributed by atoms with van der Waals surface area (Å²) in [5.74, 6) is -1.39. The van der Waals surface area contributed by atoms with Gasteiger partial charge in [0.05, 0.1) is 0 Å². The first kappa shape index (κ1) is 12.3. The van der Waals surface area contributed by atoms with Gasteiger partial charge in [0.15, 0.2) is 0 Å². The van der Waals surface area contributed by atoms with Crippen LogP contribution in [-0.4, -0.2) is 16.1 Å². The molecular weight excluding hydrogens is 259 g/mol. The number of rotatable bonds is 3. The van der Waals surface area contributed by atoms with E-state index in [1.165, 1.54) is 36.4 Å². The first-order valence-corrected chi connectivity index (χ1v) is 5.36. The summed E-state index contributed by atoms with van der Waals surface area (Å²) in [4.78, 5) is 14.9. The highest BCUT2D eigenvalue weighted by atomic mass is 35.5. The van der Waals surface area contributed by atoms with Crippen molar-refractivity contribution in [3.63, 3.8) is 0 Å². The number of aromatic nitrogens is 1. The van der Waals surface area contributed by atoms with E-state index in [0.717, 1.165) is 0 Å². The van der Waals surface area contributed by atoms with Gasteiger partial charge in [0, 0.05) is 5.69 Å². The van der Waals surface area contributed by atoms with E-state index in [9.17, 15) is 9.18 Å². The summed E-state index contributed by atoms with van der Waals surface area (Å²) in [6.45, 7) is 0. The summed E-state index contributed by atoms with van der Waals surface area (Å²) in [6, 6.07) is 8.21. The van der Waals surface area contributed by atoms with Gasteiger partial charge in [-0.3, -0.25) is 0 Å². The van der Waals surface area contributed by atoms with E-state index in [2.05, 4.69) is 10.3 Å². The number of hydrogen-bond donors (Lipinski definition) is 2. The highest BCUT2D eigenvalue weighted by Crippen LogP contribution is 2.21. The molecule has 0 saturated heterocycles. The Bertz CT molecular complexity index is 587. The molecule has 6 heteroatoms. The van der Waals surface area contributed by atoms with Crippen molar-refractivity contribution >= 4 is 29.1 Å². The minimum Gasteiger partial charge on any atom is -0.478 e. The Kier molecular flexibility index (Phi) is 3.43. The van der Waals surface area contributed by atoms with Gasteiger partial charge >= 0.3 is 5.97 Å². The lowest BCUT2D eigenvalue weighted by molar-refractivity contribution is 0.0697. The van der Waals surface area contributed by atoms with Crippen LogP contribution in [0.3, 0.4) is 0 Å². The van der Waals surface area contributed by atoms with Crippen LogP contribution in [0.1, 0.15) is 10.4 Å². The molecule has 2 aromatic rings. The molecular formula is C12H8ClFN2O2. The molecule has 92 valence electrons. The number of hydrogen-bond acceptors (Lipinski definition) is 3. The molecule has 2 N–H and O–H groups in total. The standard InChI is InChI=1S/C12H8ClFN2O2/c13-10-6-5-9(12(17)18)11(16-10)15-8-3-1-7(14)2-4-8/h1-6H,(H,15,16)(H,17,18). The van der Waals surface area contributed by atoms with Crippen LogP contribution in [-0.2, 0) is 0 Å². The van der Waals surface area contributed by atoms with Gasteiger partial charge in [-0.25, -0.2) is 14.2 Å². The topological polar surface area (TPSA) is 62.2 Å². The SMILES string of the molecule is O=C(O)c1ccc(Cl)nc1Nc1ccc(F)cc1. The minimum absolute atomic E-state index is 0.0104. The molecule has 0 atom stereocenters. The first-order valence-electron chi connectivity index (χ1n) is 4.98. The molecule has 0 aliphatic carbocycles. The van der Waals surface area contributed by atoms with Crippen molar-refractivity contribution in [2.75, 3.05) is 5.32 Å². The molecule has 0 saturated carbocycles. The second-order valence-electron chi connectivity index (χ2n) is 3.47. The van der Waals surface area contributed by atoms with Gasteiger partial charge in [-0.1, -0.05) is 11.6 Å². The number of aromatic carboxylic acids is 1. The Hall–Kier alpha value is -2.14. The summed E-state index contributed by atoms with van der Waals surface area (Å²) in [7, 11) is 0. The average molecular weight is 267 g/mol. The fourth-order valence-electron chi connectivity index (χ4n) is 1.37. The molecule has 18 heavy (non-hydrogen) atoms. The Labute approximate surface area is 107 Å². The Morgan fingerprint density at radius 1 is 1.22 bits per heavy atom. The molecule has 1 aromatic carbocycles. The van der Waals surface area contributed by atoms with Crippen LogP contribution in [0.15, 0.2) is 36.4 Å². The predicted molar refractivity (Wildman–Crippen MR) is 65.9 cm³/mol. The van der Waals surface area contributed by atoms with Gasteiger partial charge in [0.2, 0.25) is 0 Å². The van der Waals surface area contributed by atoms with Crippen molar-refractivity contribution in [3.05, 3.63) is 52.9 Å². The van der Waals surface area contributed by atoms with E-state index >= 15 is 0 Å². The summed E-state index contributed by atoms with van der Waals surface area (Å²) < 4.78 is 12.7. The van der Waals surface area contributed by atoms with Gasteiger partial charge in [-0.05, 0) is 36.4 Å². The molecule has 1 aromatic heterocycles. The van der Waals surface area contributed by atoms with Crippen molar-refractivity contribution in [2.45, 2.75) is 0 Å². The summed E-state index contributed by atoms with van der Waals surface area (Å²) >= 11 is 5.71. The fourth-order valence-corrected chi connectivity index (χ4v) is 1.52. The lowest BCUT2D eigenvalue weighted by atomic mass is 10.2. The van der Waals surface area contributed by atoms with Crippen molar-refractivity contribution < 1.29 is 14.3 Å². The number of nitrogens with zero attached hydrogens (tertiary/aromatic N) is 1. The van der Waals surface area contributed by atoms with Gasteiger partial charge in [0.1, 0.15) is 22.4 Å². The summed E-state index contributed by atoms with van der Waals surface area (Å²) in [6.07, 6.45) is 0. The lowest BCUT2D eigenvalue weighted by Gasteiger charge is -2.08. The number of benzene rings is 1. The Morgan fingerprint density at radius 3 is 2.50 bits per heavy atom. The monoisotopic (exact) mass is 266 g/mol. The molecule has 0 amide bonds. The maximum Gasteiger partial charge on any atom is 0.339 e. The van der Waals surface area contributed by atoms with E-state index in [0.29, 0.717) is 5.69 Å². The third kappa shape index (κ3) is 2.75. The molecule has 0 unspecified atom stereocenters. The number of halogens is 2. The molecule has 0 fully saturated rings. The van der Waals surface area contributed by atoms with Crippen LogP contribution >= 0.6 is 11.6 Å². The molecule has 0 spiro atoms. The number of nitrogens with one attached hydrogen (secondary N) is 1. The second-order valence-corrected chi connectivity index (χ2v) is 3.85. The predicted octanol–water partition coefficient (Wildman–Crippen LogP) is 3.32. The van der Waals surface area contributed by atoms with Crippen LogP contribution in [0.25, 0.3) is 0 Å². The number of carbonyl (C=O) groups is 1. The third-order valence-electron chi connectivity index (χ3n) is 2.20. The molecule has 0 radical (unpaired) electrons. The smallest absolute Gasteiger partial charge is 0.339 e. The average Bonchev–Trinajstić information content (AvgIpc) is 2.32. The zero-order valence-corrected chi connectivity index (χ0v) is 9.78. The number of carboxylic acids is 1. The number of anilines is 2. The van der Waals surface area contributed by atoms with E-state index in [1.54, 1.807) is 0 Å². The van der Waals surface area contributed by atoms with E-state index in [1.807, 2.05) is 0 Å². The Morgan fingerprint density at radius 2 is 1.89 bits per heavy atom. The maximum atomic E-state index is 12.7. The lowest BCUT2D eigenvalue weighted by Crippen LogP contribution is -2.04. The van der Waals surface area contributed by atoms with Crippen molar-refractivity contribution in [1.29, 1.82) is 0 Å². The van der Waals surface area contributed by atoms with Gasteiger partial charge < -0.3 is 10.4 Å². The highest BCUT2D eigenvalue weighted by Gasteiger charge is 2.12. The number of carboxylic acid groups (broad SMARTS) is 1. The third-order valence-corrected chi connectivity index (χ3v) is 2.41. The van der Waals surface area contributed by atoms with Crippen LogP contribution < -0.4 is 5.32 Å². The second kappa shape index (κ2) is 5.01. The quantitative estimate of drug-likeness (QED) is 0.837. The maximum absolute atomic E-state index is 12.7. The van der Waals surface area contributed by atoms with Crippen molar-refractivity contribution in [2.24, 2.45) is 0 Å². The first-order chi connectivity index (χ1) is 8.56. The summed E-state index contributed by atoms with van der Waals surface area (Å²) in [5.41, 5.74) is 0.511. The largest absolute Gasteiger partial charge is 0.478 e. The van der Waals surface area contributed by atoms with Crippen LogP contribution in [0.4, 0.5) is 15.9 Å². The van der Waals surface area contributed by atoms with E-state index < -0.39 is 5.97 Å². The molecule has 2 rings (SSSR count). The van der Waals surface area contributed by atoms with Crippen LogP contribution in [0.2, 0.25) is 5.15 Å². The normalized spacial score (nSPS) is 10.1. The zero-order valence-electron chi connectivity index (χ0n) is 9.02. The molecule has 1 heterocycles. The van der Waals surface area contributed by atoms with Crippen LogP contribution in [0, 0.1) is 5.82 Å². The molecule has 0 aliphatic rings. The molecule has 4 nitrogen and oxygen atoms in total. The van der Waals surface area contributed by atoms with Gasteiger partial charge in [-0.2, -0.15) is 0 Å². The molecule has 0 aliphatic heterocycles.